The van der Waals surface area contributed by atoms with E-state index in [1.54, 1.807) is 0 Å². The van der Waals surface area contributed by atoms with Gasteiger partial charge in [-0.25, -0.2) is 0 Å². The minimum absolute atomic E-state index is 0.541. The standard InChI is InChI=1S/C29H38N4/c1-22-7-10-25(11-8-22)27(33-16-13-23(2)21-33)14-15-31-17-19-32(20-18-31)28-6-4-5-26-12-9-24(3)30-29(26)28/h4-12,23,27H,13-21H2,1-3H3. The first-order valence-electron chi connectivity index (χ1n) is 12.7. The maximum atomic E-state index is 4.86. The second kappa shape index (κ2) is 9.82. The van der Waals surface area contributed by atoms with Crippen molar-refractivity contribution >= 4 is 16.6 Å². The van der Waals surface area contributed by atoms with Crippen LogP contribution < -0.4 is 4.90 Å². The van der Waals surface area contributed by atoms with Crippen LogP contribution in [-0.2, 0) is 0 Å². The van der Waals surface area contributed by atoms with E-state index in [0.29, 0.717) is 6.04 Å². The number of anilines is 1. The number of piperazine rings is 1. The van der Waals surface area contributed by atoms with Gasteiger partial charge < -0.3 is 4.90 Å². The van der Waals surface area contributed by atoms with Gasteiger partial charge in [0.1, 0.15) is 0 Å². The highest BCUT2D eigenvalue weighted by Crippen LogP contribution is 2.31. The minimum Gasteiger partial charge on any atom is -0.367 e. The lowest BCUT2D eigenvalue weighted by Gasteiger charge is -2.38. The molecule has 2 unspecified atom stereocenters. The Kier molecular flexibility index (Phi) is 6.66. The molecule has 4 nitrogen and oxygen atoms in total. The summed E-state index contributed by atoms with van der Waals surface area (Å²) in [5, 5.41) is 1.24. The minimum atomic E-state index is 0.541. The predicted molar refractivity (Wildman–Crippen MR) is 139 cm³/mol. The third-order valence-electron chi connectivity index (χ3n) is 7.63. The number of nitrogens with zero attached hydrogens (tertiary/aromatic N) is 4. The molecule has 5 rings (SSSR count). The van der Waals surface area contributed by atoms with E-state index in [1.165, 1.54) is 54.7 Å². The van der Waals surface area contributed by atoms with Crippen molar-refractivity contribution in [3.8, 4) is 0 Å². The molecule has 3 aromatic rings. The Balaban J connectivity index is 1.23. The van der Waals surface area contributed by atoms with E-state index in [4.69, 9.17) is 4.98 Å². The third kappa shape index (κ3) is 5.07. The summed E-state index contributed by atoms with van der Waals surface area (Å²) in [4.78, 5) is 12.8. The number of likely N-dealkylation sites (tertiary alicyclic amines) is 1. The Morgan fingerprint density at radius 2 is 1.70 bits per heavy atom. The summed E-state index contributed by atoms with van der Waals surface area (Å²) in [5.74, 6) is 0.819. The third-order valence-corrected chi connectivity index (χ3v) is 7.63. The van der Waals surface area contributed by atoms with Gasteiger partial charge in [-0.1, -0.05) is 55.0 Å². The summed E-state index contributed by atoms with van der Waals surface area (Å²) in [6.07, 6.45) is 2.55. The van der Waals surface area contributed by atoms with Gasteiger partial charge >= 0.3 is 0 Å². The number of pyridine rings is 1. The number of aromatic nitrogens is 1. The molecule has 0 aliphatic carbocycles. The lowest BCUT2D eigenvalue weighted by Crippen LogP contribution is -2.47. The van der Waals surface area contributed by atoms with Gasteiger partial charge in [0, 0.05) is 56.4 Å². The Hall–Kier alpha value is -2.43. The van der Waals surface area contributed by atoms with Crippen LogP contribution >= 0.6 is 0 Å². The first-order valence-corrected chi connectivity index (χ1v) is 12.7. The van der Waals surface area contributed by atoms with Crippen molar-refractivity contribution in [1.29, 1.82) is 0 Å². The molecule has 2 saturated heterocycles. The molecule has 2 fully saturated rings. The number of benzene rings is 2. The number of para-hydroxylation sites is 1. The summed E-state index contributed by atoms with van der Waals surface area (Å²) in [5.41, 5.74) is 6.37. The topological polar surface area (TPSA) is 22.6 Å². The molecule has 174 valence electrons. The number of fused-ring (bicyclic) bond motifs is 1. The van der Waals surface area contributed by atoms with Gasteiger partial charge in [0.25, 0.3) is 0 Å². The zero-order valence-corrected chi connectivity index (χ0v) is 20.5. The van der Waals surface area contributed by atoms with Gasteiger partial charge in [0.2, 0.25) is 0 Å². The zero-order valence-electron chi connectivity index (χ0n) is 20.5. The largest absolute Gasteiger partial charge is 0.367 e. The highest BCUT2D eigenvalue weighted by Gasteiger charge is 2.28. The SMILES string of the molecule is Cc1ccc(C(CCN2CCN(c3cccc4ccc(C)nc34)CC2)N2CCC(C)C2)cc1. The maximum absolute atomic E-state index is 4.86. The van der Waals surface area contributed by atoms with Crippen LogP contribution in [0.3, 0.4) is 0 Å². The fourth-order valence-corrected chi connectivity index (χ4v) is 5.60. The molecule has 2 atom stereocenters. The summed E-state index contributed by atoms with van der Waals surface area (Å²) in [6, 6.07) is 20.7. The van der Waals surface area contributed by atoms with E-state index < -0.39 is 0 Å². The van der Waals surface area contributed by atoms with Crippen LogP contribution in [0.15, 0.2) is 54.6 Å². The van der Waals surface area contributed by atoms with Crippen LogP contribution in [0, 0.1) is 19.8 Å². The molecule has 0 N–H and O–H groups in total. The summed E-state index contributed by atoms with van der Waals surface area (Å²) >= 11 is 0. The van der Waals surface area contributed by atoms with E-state index in [2.05, 4.69) is 90.1 Å². The van der Waals surface area contributed by atoms with Crippen molar-refractivity contribution < 1.29 is 0 Å². The van der Waals surface area contributed by atoms with Crippen molar-refractivity contribution in [2.75, 3.05) is 50.7 Å². The smallest absolute Gasteiger partial charge is 0.0938 e. The second-order valence-electron chi connectivity index (χ2n) is 10.2. The van der Waals surface area contributed by atoms with Crippen LogP contribution in [-0.4, -0.2) is 60.6 Å². The Bertz CT molecular complexity index is 1070. The average Bonchev–Trinajstić information content (AvgIpc) is 3.26. The molecule has 2 aliphatic rings. The number of rotatable bonds is 6. The van der Waals surface area contributed by atoms with Crippen LogP contribution in [0.1, 0.15) is 42.6 Å². The molecule has 1 aromatic heterocycles. The van der Waals surface area contributed by atoms with Crippen molar-refractivity contribution in [3.63, 3.8) is 0 Å². The first-order chi connectivity index (χ1) is 16.1. The van der Waals surface area contributed by atoms with Gasteiger partial charge in [-0.05, 0) is 56.8 Å². The van der Waals surface area contributed by atoms with E-state index in [0.717, 1.165) is 43.3 Å². The fraction of sp³-hybridized carbons (Fsp3) is 0.483. The molecule has 0 spiro atoms. The Labute approximate surface area is 199 Å². The summed E-state index contributed by atoms with van der Waals surface area (Å²) in [7, 11) is 0. The Morgan fingerprint density at radius 3 is 2.42 bits per heavy atom. The highest BCUT2D eigenvalue weighted by atomic mass is 15.3. The molecule has 0 radical (unpaired) electrons. The molecule has 2 aromatic carbocycles. The van der Waals surface area contributed by atoms with Gasteiger partial charge in [-0.3, -0.25) is 14.8 Å². The van der Waals surface area contributed by atoms with E-state index in [1.807, 2.05) is 0 Å². The van der Waals surface area contributed by atoms with Crippen molar-refractivity contribution in [3.05, 3.63) is 71.4 Å². The molecule has 4 heteroatoms. The lowest BCUT2D eigenvalue weighted by molar-refractivity contribution is 0.184. The van der Waals surface area contributed by atoms with Crippen molar-refractivity contribution in [2.24, 2.45) is 5.92 Å². The van der Waals surface area contributed by atoms with Gasteiger partial charge in [0.05, 0.1) is 11.2 Å². The van der Waals surface area contributed by atoms with Crippen LogP contribution in [0.2, 0.25) is 0 Å². The molecule has 2 aliphatic heterocycles. The number of aryl methyl sites for hydroxylation is 2. The quantitative estimate of drug-likeness (QED) is 0.506. The van der Waals surface area contributed by atoms with Crippen molar-refractivity contribution in [1.82, 2.24) is 14.8 Å². The molecular weight excluding hydrogens is 404 g/mol. The number of hydrogen-bond donors (Lipinski definition) is 0. The van der Waals surface area contributed by atoms with E-state index >= 15 is 0 Å². The normalized spacial score (nSPS) is 21.1. The maximum Gasteiger partial charge on any atom is 0.0938 e. The van der Waals surface area contributed by atoms with Gasteiger partial charge in [-0.15, -0.1) is 0 Å². The zero-order chi connectivity index (χ0) is 22.8. The molecule has 33 heavy (non-hydrogen) atoms. The van der Waals surface area contributed by atoms with Gasteiger partial charge in [-0.2, -0.15) is 0 Å². The molecule has 0 bridgehead atoms. The summed E-state index contributed by atoms with van der Waals surface area (Å²) < 4.78 is 0. The first kappa shape index (κ1) is 22.4. The summed E-state index contributed by atoms with van der Waals surface area (Å²) in [6.45, 7) is 14.7. The van der Waals surface area contributed by atoms with Crippen LogP contribution in [0.5, 0.6) is 0 Å². The van der Waals surface area contributed by atoms with Gasteiger partial charge in [0.15, 0.2) is 0 Å². The molecule has 0 saturated carbocycles. The fourth-order valence-electron chi connectivity index (χ4n) is 5.60. The van der Waals surface area contributed by atoms with Crippen LogP contribution in [0.4, 0.5) is 5.69 Å². The Morgan fingerprint density at radius 1 is 0.909 bits per heavy atom. The van der Waals surface area contributed by atoms with Crippen LogP contribution in [0.25, 0.3) is 10.9 Å². The molecular formula is C29H38N4. The average molecular weight is 443 g/mol. The number of hydrogen-bond acceptors (Lipinski definition) is 4. The molecule has 3 heterocycles. The monoisotopic (exact) mass is 442 g/mol. The molecule has 0 amide bonds. The lowest BCUT2D eigenvalue weighted by atomic mass is 10.0. The highest BCUT2D eigenvalue weighted by molar-refractivity contribution is 5.91. The van der Waals surface area contributed by atoms with E-state index in [9.17, 15) is 0 Å². The van der Waals surface area contributed by atoms with E-state index in [-0.39, 0.29) is 0 Å². The predicted octanol–water partition coefficient (Wildman–Crippen LogP) is 5.45. The van der Waals surface area contributed by atoms with Crippen molar-refractivity contribution in [2.45, 2.75) is 39.7 Å². The second-order valence-corrected chi connectivity index (χ2v) is 10.2.